The van der Waals surface area contributed by atoms with Gasteiger partial charge >= 0.3 is 5.97 Å². The Morgan fingerprint density at radius 1 is 1.19 bits per heavy atom. The van der Waals surface area contributed by atoms with Gasteiger partial charge in [-0.1, -0.05) is 30.3 Å². The van der Waals surface area contributed by atoms with Crippen molar-refractivity contribution >= 4 is 29.2 Å². The lowest BCUT2D eigenvalue weighted by Crippen LogP contribution is -2.39. The van der Waals surface area contributed by atoms with E-state index in [1.54, 1.807) is 0 Å². The second kappa shape index (κ2) is 9.88. The summed E-state index contributed by atoms with van der Waals surface area (Å²) in [5, 5.41) is 5.57. The third-order valence-corrected chi connectivity index (χ3v) is 2.89. The summed E-state index contributed by atoms with van der Waals surface area (Å²) in [6.45, 7) is 2.84. The first-order valence-corrected chi connectivity index (χ1v) is 7.30. The Balaban J connectivity index is 2.13. The van der Waals surface area contributed by atoms with Crippen molar-refractivity contribution in [3.05, 3.63) is 35.9 Å². The zero-order valence-electron chi connectivity index (χ0n) is 12.1. The van der Waals surface area contributed by atoms with Crippen LogP contribution >= 0.6 is 12.2 Å². The molecule has 1 rings (SSSR count). The predicted octanol–water partition coefficient (Wildman–Crippen LogP) is 1.56. The molecule has 0 unspecified atom stereocenters. The number of carbonyl (C=O) groups excluding carboxylic acids is 2. The van der Waals surface area contributed by atoms with Crippen LogP contribution in [0.15, 0.2) is 30.3 Å². The van der Waals surface area contributed by atoms with E-state index in [0.29, 0.717) is 19.6 Å². The minimum absolute atomic E-state index is 0.0510. The van der Waals surface area contributed by atoms with E-state index in [0.717, 1.165) is 5.56 Å². The molecule has 0 aromatic heterocycles. The van der Waals surface area contributed by atoms with Crippen molar-refractivity contribution in [2.45, 2.75) is 26.2 Å². The Hall–Kier alpha value is -1.95. The van der Waals surface area contributed by atoms with E-state index in [-0.39, 0.29) is 29.8 Å². The smallest absolute Gasteiger partial charge is 0.306 e. The van der Waals surface area contributed by atoms with Gasteiger partial charge in [0.2, 0.25) is 5.91 Å². The standard InChI is InChI=1S/C15H20N2O3S/c1-2-16-15(21)17-13(18)8-9-14(19)20-11-10-12-6-4-3-5-7-12/h3-7H,2,8-11H2,1H3,(H2,16,17,18,21). The summed E-state index contributed by atoms with van der Waals surface area (Å²) in [6, 6.07) is 9.77. The second-order valence-corrected chi connectivity index (χ2v) is 4.77. The van der Waals surface area contributed by atoms with Crippen molar-refractivity contribution in [3.8, 4) is 0 Å². The van der Waals surface area contributed by atoms with Crippen LogP contribution in [0.2, 0.25) is 0 Å². The minimum Gasteiger partial charge on any atom is -0.465 e. The summed E-state index contributed by atoms with van der Waals surface area (Å²) in [6.07, 6.45) is 0.786. The van der Waals surface area contributed by atoms with Gasteiger partial charge in [-0.25, -0.2) is 0 Å². The van der Waals surface area contributed by atoms with Gasteiger partial charge in [-0.15, -0.1) is 0 Å². The molecule has 2 N–H and O–H groups in total. The lowest BCUT2D eigenvalue weighted by atomic mass is 10.2. The summed E-state index contributed by atoms with van der Waals surface area (Å²) < 4.78 is 5.08. The van der Waals surface area contributed by atoms with Crippen molar-refractivity contribution < 1.29 is 14.3 Å². The summed E-state index contributed by atoms with van der Waals surface area (Å²) >= 11 is 4.87. The van der Waals surface area contributed by atoms with E-state index in [1.165, 1.54) is 0 Å². The first-order chi connectivity index (χ1) is 10.1. The highest BCUT2D eigenvalue weighted by Crippen LogP contribution is 2.01. The number of rotatable bonds is 7. The van der Waals surface area contributed by atoms with E-state index in [1.807, 2.05) is 37.3 Å². The second-order valence-electron chi connectivity index (χ2n) is 4.36. The van der Waals surface area contributed by atoms with E-state index in [4.69, 9.17) is 17.0 Å². The molecule has 21 heavy (non-hydrogen) atoms. The number of amides is 1. The summed E-state index contributed by atoms with van der Waals surface area (Å²) in [5.74, 6) is -0.670. The van der Waals surface area contributed by atoms with Gasteiger partial charge < -0.3 is 15.4 Å². The monoisotopic (exact) mass is 308 g/mol. The topological polar surface area (TPSA) is 67.4 Å². The highest BCUT2D eigenvalue weighted by Gasteiger charge is 2.09. The quantitative estimate of drug-likeness (QED) is 0.591. The van der Waals surface area contributed by atoms with Crippen LogP contribution in [0.25, 0.3) is 0 Å². The Morgan fingerprint density at radius 3 is 2.57 bits per heavy atom. The third kappa shape index (κ3) is 8.04. The van der Waals surface area contributed by atoms with Gasteiger partial charge in [-0.3, -0.25) is 9.59 Å². The zero-order valence-corrected chi connectivity index (χ0v) is 12.9. The molecule has 6 heteroatoms. The van der Waals surface area contributed by atoms with Crippen molar-refractivity contribution in [1.82, 2.24) is 10.6 Å². The number of carbonyl (C=O) groups is 2. The molecule has 114 valence electrons. The molecule has 0 fully saturated rings. The van der Waals surface area contributed by atoms with Crippen LogP contribution in [-0.4, -0.2) is 30.1 Å². The molecule has 1 aromatic carbocycles. The Morgan fingerprint density at radius 2 is 1.90 bits per heavy atom. The molecular weight excluding hydrogens is 288 g/mol. The first-order valence-electron chi connectivity index (χ1n) is 6.89. The fraction of sp³-hybridized carbons (Fsp3) is 0.400. The number of thiocarbonyl (C=S) groups is 1. The Labute approximate surface area is 130 Å². The maximum absolute atomic E-state index is 11.5. The SMILES string of the molecule is CCNC(=S)NC(=O)CCC(=O)OCCc1ccccc1. The molecule has 0 aliphatic heterocycles. The first kappa shape index (κ1) is 17.1. The van der Waals surface area contributed by atoms with Crippen molar-refractivity contribution in [1.29, 1.82) is 0 Å². The zero-order chi connectivity index (χ0) is 15.5. The highest BCUT2D eigenvalue weighted by molar-refractivity contribution is 7.80. The van der Waals surface area contributed by atoms with Crippen LogP contribution in [0.5, 0.6) is 0 Å². The summed E-state index contributed by atoms with van der Waals surface area (Å²) in [7, 11) is 0. The maximum atomic E-state index is 11.5. The minimum atomic E-state index is -0.379. The van der Waals surface area contributed by atoms with Gasteiger partial charge in [-0.05, 0) is 24.7 Å². The van der Waals surface area contributed by atoms with Crippen molar-refractivity contribution in [2.24, 2.45) is 0 Å². The Kier molecular flexibility index (Phi) is 8.04. The summed E-state index contributed by atoms with van der Waals surface area (Å²) in [5.41, 5.74) is 1.11. The number of esters is 1. The molecule has 0 radical (unpaired) electrons. The number of benzene rings is 1. The normalized spacial score (nSPS) is 9.76. The Bertz CT molecular complexity index is 477. The van der Waals surface area contributed by atoms with Crippen LogP contribution in [0.4, 0.5) is 0 Å². The molecule has 0 spiro atoms. The largest absolute Gasteiger partial charge is 0.465 e. The molecule has 0 saturated heterocycles. The van der Waals surface area contributed by atoms with Gasteiger partial charge in [0.1, 0.15) is 0 Å². The number of hydrogen-bond donors (Lipinski definition) is 2. The van der Waals surface area contributed by atoms with Gasteiger partial charge in [0.25, 0.3) is 0 Å². The molecule has 0 saturated carbocycles. The molecule has 0 atom stereocenters. The van der Waals surface area contributed by atoms with Gasteiger partial charge in [0.15, 0.2) is 5.11 Å². The van der Waals surface area contributed by atoms with Crippen molar-refractivity contribution in [3.63, 3.8) is 0 Å². The molecule has 0 aliphatic carbocycles. The number of ether oxygens (including phenoxy) is 1. The highest BCUT2D eigenvalue weighted by atomic mass is 32.1. The molecule has 0 heterocycles. The van der Waals surface area contributed by atoms with E-state index >= 15 is 0 Å². The average Bonchev–Trinajstić information content (AvgIpc) is 2.46. The third-order valence-electron chi connectivity index (χ3n) is 2.64. The fourth-order valence-electron chi connectivity index (χ4n) is 1.61. The van der Waals surface area contributed by atoms with Gasteiger partial charge in [-0.2, -0.15) is 0 Å². The maximum Gasteiger partial charge on any atom is 0.306 e. The molecule has 1 aromatic rings. The van der Waals surface area contributed by atoms with Gasteiger partial charge in [0, 0.05) is 19.4 Å². The molecule has 1 amide bonds. The number of hydrogen-bond acceptors (Lipinski definition) is 4. The molecular formula is C15H20N2O3S. The van der Waals surface area contributed by atoms with Crippen LogP contribution in [0.3, 0.4) is 0 Å². The van der Waals surface area contributed by atoms with Crippen LogP contribution in [-0.2, 0) is 20.7 Å². The van der Waals surface area contributed by atoms with E-state index < -0.39 is 0 Å². The van der Waals surface area contributed by atoms with E-state index in [9.17, 15) is 9.59 Å². The fourth-order valence-corrected chi connectivity index (χ4v) is 1.87. The lowest BCUT2D eigenvalue weighted by molar-refractivity contribution is -0.144. The molecule has 5 nitrogen and oxygen atoms in total. The number of nitrogens with one attached hydrogen (secondary N) is 2. The van der Waals surface area contributed by atoms with E-state index in [2.05, 4.69) is 10.6 Å². The van der Waals surface area contributed by atoms with Crippen LogP contribution < -0.4 is 10.6 Å². The van der Waals surface area contributed by atoms with Gasteiger partial charge in [0.05, 0.1) is 13.0 Å². The lowest BCUT2D eigenvalue weighted by Gasteiger charge is -2.07. The molecule has 0 aliphatic rings. The molecule has 0 bridgehead atoms. The van der Waals surface area contributed by atoms with Crippen LogP contribution in [0.1, 0.15) is 25.3 Å². The van der Waals surface area contributed by atoms with Crippen LogP contribution in [0, 0.1) is 0 Å². The predicted molar refractivity (Wildman–Crippen MR) is 84.8 cm³/mol. The average molecular weight is 308 g/mol. The van der Waals surface area contributed by atoms with Crippen molar-refractivity contribution in [2.75, 3.05) is 13.2 Å². The summed E-state index contributed by atoms with van der Waals surface area (Å²) in [4.78, 5) is 23.0.